The normalized spacial score (nSPS) is 21.0. The minimum absolute atomic E-state index is 0.0589. The number of benzene rings is 1. The van der Waals surface area contributed by atoms with E-state index in [4.69, 9.17) is 11.6 Å². The number of nitrogens with one attached hydrogen (secondary N) is 2. The lowest BCUT2D eigenvalue weighted by Crippen LogP contribution is -2.38. The monoisotopic (exact) mass is 259 g/mol. The van der Waals surface area contributed by atoms with Crippen LogP contribution in [0.3, 0.4) is 0 Å². The maximum atomic E-state index is 12.1. The molecule has 92 valence electrons. The predicted octanol–water partition coefficient (Wildman–Crippen LogP) is 3.04. The predicted molar refractivity (Wildman–Crippen MR) is 64.9 cm³/mol. The van der Waals surface area contributed by atoms with Crippen molar-refractivity contribution in [2.75, 3.05) is 11.9 Å². The summed E-state index contributed by atoms with van der Waals surface area (Å²) in [5, 5.41) is 6.58. The first-order valence-electron chi connectivity index (χ1n) is 5.22. The summed E-state index contributed by atoms with van der Waals surface area (Å²) in [6, 6.07) is 5.38. The molecule has 2 rings (SSSR count). The Hall–Kier alpha value is -1.36. The Morgan fingerprint density at radius 2 is 2.24 bits per heavy atom. The van der Waals surface area contributed by atoms with E-state index in [1.54, 1.807) is 12.1 Å². The third-order valence-electron chi connectivity index (χ3n) is 2.48. The van der Waals surface area contributed by atoms with Crippen molar-refractivity contribution >= 4 is 23.2 Å². The van der Waals surface area contributed by atoms with Crippen LogP contribution in [0.2, 0.25) is 5.02 Å². The van der Waals surface area contributed by atoms with Gasteiger partial charge in [0.05, 0.1) is 6.04 Å². The molecule has 1 atom stereocenters. The summed E-state index contributed by atoms with van der Waals surface area (Å²) in [6.45, 7) is 1.39. The number of anilines is 1. The van der Waals surface area contributed by atoms with Crippen molar-refractivity contribution in [1.29, 1.82) is 0 Å². The summed E-state index contributed by atoms with van der Waals surface area (Å²) < 4.78 is 24.1. The largest absolute Gasteiger partial charge is 0.349 e. The van der Waals surface area contributed by atoms with E-state index in [9.17, 15) is 8.78 Å². The summed E-state index contributed by atoms with van der Waals surface area (Å²) in [6.07, 6.45) is -2.44. The zero-order valence-electron chi connectivity index (χ0n) is 9.17. The van der Waals surface area contributed by atoms with Crippen LogP contribution in [0.1, 0.15) is 18.5 Å². The number of fused-ring (bicyclic) bond motifs is 1. The first-order valence-corrected chi connectivity index (χ1v) is 5.60. The van der Waals surface area contributed by atoms with Crippen molar-refractivity contribution in [3.05, 3.63) is 28.8 Å². The van der Waals surface area contributed by atoms with Gasteiger partial charge in [-0.3, -0.25) is 0 Å². The van der Waals surface area contributed by atoms with Crippen LogP contribution >= 0.6 is 11.6 Å². The highest BCUT2D eigenvalue weighted by Gasteiger charge is 2.21. The molecule has 1 aromatic rings. The van der Waals surface area contributed by atoms with Gasteiger partial charge in [0, 0.05) is 16.3 Å². The van der Waals surface area contributed by atoms with Gasteiger partial charge in [-0.15, -0.1) is 0 Å². The third-order valence-corrected chi connectivity index (χ3v) is 2.81. The summed E-state index contributed by atoms with van der Waals surface area (Å²) in [4.78, 5) is 3.76. The number of halogens is 3. The smallest absolute Gasteiger partial charge is 0.257 e. The van der Waals surface area contributed by atoms with Crippen LogP contribution < -0.4 is 10.6 Å². The maximum absolute atomic E-state index is 12.1. The van der Waals surface area contributed by atoms with Gasteiger partial charge in [0.25, 0.3) is 6.43 Å². The molecule has 1 heterocycles. The highest BCUT2D eigenvalue weighted by molar-refractivity contribution is 6.32. The maximum Gasteiger partial charge on any atom is 0.257 e. The minimum Gasteiger partial charge on any atom is -0.349 e. The van der Waals surface area contributed by atoms with Crippen LogP contribution in [0.15, 0.2) is 23.2 Å². The van der Waals surface area contributed by atoms with E-state index in [0.717, 1.165) is 11.3 Å². The number of alkyl halides is 2. The zero-order valence-corrected chi connectivity index (χ0v) is 9.93. The summed E-state index contributed by atoms with van der Waals surface area (Å²) in [5.74, 6) is 0.354. The first-order chi connectivity index (χ1) is 8.08. The number of hydrogen-bond acceptors (Lipinski definition) is 1. The van der Waals surface area contributed by atoms with E-state index < -0.39 is 13.0 Å². The Morgan fingerprint density at radius 3 is 2.94 bits per heavy atom. The number of aliphatic imine (C=N–C) groups is 1. The van der Waals surface area contributed by atoms with Crippen LogP contribution in [0, 0.1) is 0 Å². The van der Waals surface area contributed by atoms with Crippen molar-refractivity contribution in [1.82, 2.24) is 5.32 Å². The molecule has 0 spiro atoms. The second kappa shape index (κ2) is 4.87. The standard InChI is InChI=1S/C11H12ClF2N3/c1-6-10-7(12)3-2-4-8(10)17-11(16-6)15-5-9(13)14/h2-4,6,9H,5H2,1H3,(H2,15,16,17)/t6-/m1/s1. The van der Waals surface area contributed by atoms with Crippen molar-refractivity contribution in [3.8, 4) is 0 Å². The van der Waals surface area contributed by atoms with Gasteiger partial charge in [-0.25, -0.2) is 13.8 Å². The number of hydrogen-bond donors (Lipinski definition) is 2. The van der Waals surface area contributed by atoms with Crippen LogP contribution in [-0.2, 0) is 0 Å². The van der Waals surface area contributed by atoms with Crippen molar-refractivity contribution in [2.24, 2.45) is 4.99 Å². The Bertz CT molecular complexity index is 448. The molecular weight excluding hydrogens is 248 g/mol. The summed E-state index contributed by atoms with van der Waals surface area (Å²) in [5.41, 5.74) is 1.72. The van der Waals surface area contributed by atoms with Crippen molar-refractivity contribution < 1.29 is 8.78 Å². The van der Waals surface area contributed by atoms with Gasteiger partial charge in [0.2, 0.25) is 0 Å². The first kappa shape index (κ1) is 12.1. The van der Waals surface area contributed by atoms with Crippen LogP contribution in [0.5, 0.6) is 0 Å². The average molecular weight is 260 g/mol. The van der Waals surface area contributed by atoms with Gasteiger partial charge in [0.1, 0.15) is 6.54 Å². The van der Waals surface area contributed by atoms with Gasteiger partial charge < -0.3 is 10.6 Å². The fourth-order valence-electron chi connectivity index (χ4n) is 1.77. The molecule has 0 aliphatic carbocycles. The lowest BCUT2D eigenvalue weighted by Gasteiger charge is -2.28. The van der Waals surface area contributed by atoms with Gasteiger partial charge in [-0.1, -0.05) is 17.7 Å². The Labute approximate surface area is 103 Å². The van der Waals surface area contributed by atoms with Gasteiger partial charge >= 0.3 is 0 Å². The van der Waals surface area contributed by atoms with Crippen molar-refractivity contribution in [3.63, 3.8) is 0 Å². The lowest BCUT2D eigenvalue weighted by atomic mass is 10.0. The molecule has 2 N–H and O–H groups in total. The van der Waals surface area contributed by atoms with Gasteiger partial charge in [-0.05, 0) is 19.1 Å². The van der Waals surface area contributed by atoms with E-state index in [1.807, 2.05) is 13.0 Å². The third kappa shape index (κ3) is 2.66. The molecule has 0 radical (unpaired) electrons. The number of nitrogens with zero attached hydrogens (tertiary/aromatic N) is 1. The quantitative estimate of drug-likeness (QED) is 0.857. The van der Waals surface area contributed by atoms with E-state index >= 15 is 0 Å². The molecule has 1 aliphatic heterocycles. The lowest BCUT2D eigenvalue weighted by molar-refractivity contribution is 0.158. The fraction of sp³-hybridized carbons (Fsp3) is 0.364. The fourth-order valence-corrected chi connectivity index (χ4v) is 2.11. The summed E-state index contributed by atoms with van der Waals surface area (Å²) in [7, 11) is 0. The van der Waals surface area contributed by atoms with E-state index in [1.165, 1.54) is 0 Å². The molecule has 6 heteroatoms. The second-order valence-electron chi connectivity index (χ2n) is 3.77. The second-order valence-corrected chi connectivity index (χ2v) is 4.18. The molecule has 0 amide bonds. The molecule has 17 heavy (non-hydrogen) atoms. The summed E-state index contributed by atoms with van der Waals surface area (Å²) >= 11 is 6.07. The minimum atomic E-state index is -2.44. The van der Waals surface area contributed by atoms with Crippen LogP contribution in [0.4, 0.5) is 14.5 Å². The Kier molecular flexibility index (Phi) is 3.47. The van der Waals surface area contributed by atoms with E-state index in [2.05, 4.69) is 15.6 Å². The average Bonchev–Trinajstić information content (AvgIpc) is 2.26. The zero-order chi connectivity index (χ0) is 12.4. The molecule has 0 aromatic heterocycles. The Morgan fingerprint density at radius 1 is 1.47 bits per heavy atom. The topological polar surface area (TPSA) is 36.4 Å². The van der Waals surface area contributed by atoms with Crippen molar-refractivity contribution in [2.45, 2.75) is 19.4 Å². The highest BCUT2D eigenvalue weighted by Crippen LogP contribution is 2.32. The van der Waals surface area contributed by atoms with Crippen LogP contribution in [0.25, 0.3) is 0 Å². The SMILES string of the molecule is C[C@H]1NC(=NCC(F)F)Nc2cccc(Cl)c21. The molecule has 3 nitrogen and oxygen atoms in total. The van der Waals surface area contributed by atoms with Gasteiger partial charge in [-0.2, -0.15) is 0 Å². The van der Waals surface area contributed by atoms with Crippen LogP contribution in [-0.4, -0.2) is 18.9 Å². The molecule has 0 unspecified atom stereocenters. The van der Waals surface area contributed by atoms with E-state index in [-0.39, 0.29) is 6.04 Å². The molecule has 0 bridgehead atoms. The molecule has 0 fully saturated rings. The molecule has 1 aliphatic rings. The van der Waals surface area contributed by atoms with Gasteiger partial charge in [0.15, 0.2) is 5.96 Å². The van der Waals surface area contributed by atoms with E-state index in [0.29, 0.717) is 11.0 Å². The number of guanidine groups is 1. The molecule has 1 aromatic carbocycles. The molecule has 0 saturated heterocycles. The highest BCUT2D eigenvalue weighted by atomic mass is 35.5. The Balaban J connectivity index is 2.25. The molecule has 0 saturated carbocycles. The molecular formula is C11H12ClF2N3. The number of rotatable bonds is 2.